The molecule has 0 aromatic heterocycles. The molecule has 0 aliphatic heterocycles. The summed E-state index contributed by atoms with van der Waals surface area (Å²) >= 11 is 0. The van der Waals surface area contributed by atoms with Gasteiger partial charge >= 0.3 is 19.8 Å². The first kappa shape index (κ1) is 61.9. The van der Waals surface area contributed by atoms with Gasteiger partial charge in [0.2, 0.25) is 0 Å². The van der Waals surface area contributed by atoms with Crippen molar-refractivity contribution in [2.75, 3.05) is 26.4 Å². The van der Waals surface area contributed by atoms with Gasteiger partial charge in [-0.2, -0.15) is 0 Å². The van der Waals surface area contributed by atoms with E-state index >= 15 is 0 Å². The number of rotatable bonds is 47. The Morgan fingerprint density at radius 1 is 0.477 bits per heavy atom. The van der Waals surface area contributed by atoms with Crippen LogP contribution >= 0.6 is 7.82 Å². The second kappa shape index (κ2) is 50.3. The highest BCUT2D eigenvalue weighted by atomic mass is 31.2. The standard InChI is InChI=1S/C55H94NO8P/c1-3-5-7-9-11-13-15-17-19-21-23-24-25-26-27-28-30-32-34-36-38-40-42-44-46-48-55(58)64-53(52-63-65(59,60)62-50-49-56)51-61-54(57)47-45-43-41-39-37-35-33-31-29-22-20-18-16-14-12-10-8-6-4-2/h5,7,11-14,17-20,23-24,26-27,29,31,53H,3-4,6,8-10,15-16,21-22,25,28,30,32-52,56H2,1-2H3,(H,59,60)/b7-5-,13-11-,14-12-,19-17-,20-18-,24-23-,27-26-,31-29-. The number of unbranched alkanes of at least 4 members (excludes halogenated alkanes) is 18. The van der Waals surface area contributed by atoms with Crippen LogP contribution in [0.2, 0.25) is 0 Å². The van der Waals surface area contributed by atoms with Gasteiger partial charge in [0.1, 0.15) is 6.61 Å². The van der Waals surface area contributed by atoms with Gasteiger partial charge in [-0.1, -0.05) is 195 Å². The van der Waals surface area contributed by atoms with Crippen molar-refractivity contribution in [3.05, 3.63) is 97.2 Å². The van der Waals surface area contributed by atoms with Crippen molar-refractivity contribution < 1.29 is 37.6 Å². The molecule has 2 unspecified atom stereocenters. The van der Waals surface area contributed by atoms with E-state index in [2.05, 4.69) is 111 Å². The summed E-state index contributed by atoms with van der Waals surface area (Å²) in [5.41, 5.74) is 5.37. The molecular formula is C55H94NO8P. The highest BCUT2D eigenvalue weighted by molar-refractivity contribution is 7.47. The largest absolute Gasteiger partial charge is 0.472 e. The third-order valence-corrected chi connectivity index (χ3v) is 11.4. The van der Waals surface area contributed by atoms with E-state index in [0.717, 1.165) is 109 Å². The minimum Gasteiger partial charge on any atom is -0.462 e. The molecule has 0 aromatic rings. The highest BCUT2D eigenvalue weighted by Crippen LogP contribution is 2.43. The first-order valence-electron chi connectivity index (χ1n) is 25.7. The Balaban J connectivity index is 4.11. The third-order valence-electron chi connectivity index (χ3n) is 10.5. The average molecular weight is 928 g/mol. The van der Waals surface area contributed by atoms with Crippen molar-refractivity contribution in [1.29, 1.82) is 0 Å². The summed E-state index contributed by atoms with van der Waals surface area (Å²) < 4.78 is 32.9. The first-order valence-corrected chi connectivity index (χ1v) is 27.2. The minimum absolute atomic E-state index is 0.0453. The number of phosphoric acid groups is 1. The lowest BCUT2D eigenvalue weighted by molar-refractivity contribution is -0.161. The molecule has 0 saturated carbocycles. The Labute approximate surface area is 397 Å². The SMILES string of the molecule is CC/C=C\C/C=C\C/C=C\C/C=C\C/C=C\CCCCCCCCCCCC(=O)OC(COC(=O)CCCCCCCC/C=C\C/C=C\C/C=C\CCCCC)COP(=O)(O)OCCN. The normalized spacial score (nSPS) is 14.0. The van der Waals surface area contributed by atoms with E-state index in [1.54, 1.807) is 0 Å². The zero-order valence-corrected chi connectivity index (χ0v) is 42.1. The lowest BCUT2D eigenvalue weighted by Crippen LogP contribution is -2.29. The van der Waals surface area contributed by atoms with Crippen LogP contribution in [-0.4, -0.2) is 49.3 Å². The zero-order valence-electron chi connectivity index (χ0n) is 41.2. The van der Waals surface area contributed by atoms with Gasteiger partial charge in [0.15, 0.2) is 6.10 Å². The number of ether oxygens (including phenoxy) is 2. The van der Waals surface area contributed by atoms with Crippen LogP contribution < -0.4 is 5.73 Å². The summed E-state index contributed by atoms with van der Waals surface area (Å²) in [6.07, 6.45) is 65.8. The summed E-state index contributed by atoms with van der Waals surface area (Å²) in [6, 6.07) is 0. The summed E-state index contributed by atoms with van der Waals surface area (Å²) in [4.78, 5) is 35.1. The second-order valence-corrected chi connectivity index (χ2v) is 18.1. The molecule has 0 spiro atoms. The van der Waals surface area contributed by atoms with Crippen molar-refractivity contribution >= 4 is 19.8 Å². The molecule has 0 heterocycles. The number of hydrogen-bond acceptors (Lipinski definition) is 8. The summed E-state index contributed by atoms with van der Waals surface area (Å²) in [6.45, 7) is 3.57. The van der Waals surface area contributed by atoms with Crippen LogP contribution in [0.25, 0.3) is 0 Å². The molecule has 0 rings (SSSR count). The Bertz CT molecular complexity index is 1380. The molecule has 0 aromatic carbocycles. The van der Waals surface area contributed by atoms with Crippen LogP contribution in [0.3, 0.4) is 0 Å². The van der Waals surface area contributed by atoms with Gasteiger partial charge in [-0.05, 0) is 96.3 Å². The fourth-order valence-corrected chi connectivity index (χ4v) is 7.43. The van der Waals surface area contributed by atoms with Crippen molar-refractivity contribution in [2.45, 2.75) is 213 Å². The van der Waals surface area contributed by atoms with Crippen molar-refractivity contribution in [3.8, 4) is 0 Å². The van der Waals surface area contributed by atoms with Gasteiger partial charge in [-0.25, -0.2) is 4.57 Å². The van der Waals surface area contributed by atoms with Gasteiger partial charge in [0, 0.05) is 19.4 Å². The molecule has 0 fully saturated rings. The fraction of sp³-hybridized carbons (Fsp3) is 0.673. The average Bonchev–Trinajstić information content (AvgIpc) is 3.30. The van der Waals surface area contributed by atoms with E-state index in [-0.39, 0.29) is 32.6 Å². The molecule has 0 bridgehead atoms. The predicted molar refractivity (Wildman–Crippen MR) is 275 cm³/mol. The van der Waals surface area contributed by atoms with Crippen LogP contribution in [0.5, 0.6) is 0 Å². The lowest BCUT2D eigenvalue weighted by atomic mass is 10.1. The first-order chi connectivity index (χ1) is 31.8. The van der Waals surface area contributed by atoms with E-state index in [1.807, 2.05) is 0 Å². The van der Waals surface area contributed by atoms with Crippen molar-refractivity contribution in [3.63, 3.8) is 0 Å². The number of carbonyl (C=O) groups is 2. The quantitative estimate of drug-likeness (QED) is 0.0265. The molecule has 0 saturated heterocycles. The number of esters is 2. The summed E-state index contributed by atoms with van der Waals surface area (Å²) in [5, 5.41) is 0. The Morgan fingerprint density at radius 3 is 1.26 bits per heavy atom. The second-order valence-electron chi connectivity index (χ2n) is 16.7. The van der Waals surface area contributed by atoms with Crippen LogP contribution in [0.4, 0.5) is 0 Å². The van der Waals surface area contributed by atoms with Crippen molar-refractivity contribution in [1.82, 2.24) is 0 Å². The molecule has 0 aliphatic rings. The van der Waals surface area contributed by atoms with Gasteiger partial charge in [0.25, 0.3) is 0 Å². The van der Waals surface area contributed by atoms with E-state index in [4.69, 9.17) is 24.3 Å². The highest BCUT2D eigenvalue weighted by Gasteiger charge is 2.26. The van der Waals surface area contributed by atoms with E-state index in [1.165, 1.54) is 57.8 Å². The van der Waals surface area contributed by atoms with Crippen LogP contribution in [-0.2, 0) is 32.7 Å². The van der Waals surface area contributed by atoms with Crippen molar-refractivity contribution in [2.24, 2.45) is 5.73 Å². The van der Waals surface area contributed by atoms with E-state index in [9.17, 15) is 19.0 Å². The van der Waals surface area contributed by atoms with Crippen LogP contribution in [0.15, 0.2) is 97.2 Å². The smallest absolute Gasteiger partial charge is 0.462 e. The number of carbonyl (C=O) groups excluding carboxylic acids is 2. The molecule has 0 aliphatic carbocycles. The maximum Gasteiger partial charge on any atom is 0.472 e. The van der Waals surface area contributed by atoms with E-state index in [0.29, 0.717) is 12.8 Å². The van der Waals surface area contributed by atoms with Gasteiger partial charge in [-0.15, -0.1) is 0 Å². The monoisotopic (exact) mass is 928 g/mol. The topological polar surface area (TPSA) is 134 Å². The Kier molecular flexibility index (Phi) is 48.0. The molecule has 0 amide bonds. The molecule has 0 radical (unpaired) electrons. The summed E-state index contributed by atoms with van der Waals surface area (Å²) in [7, 11) is -4.40. The number of phosphoric ester groups is 1. The van der Waals surface area contributed by atoms with Gasteiger partial charge < -0.3 is 20.1 Å². The van der Waals surface area contributed by atoms with E-state index < -0.39 is 32.5 Å². The zero-order chi connectivity index (χ0) is 47.4. The maximum absolute atomic E-state index is 12.7. The fourth-order valence-electron chi connectivity index (χ4n) is 6.67. The molecule has 2 atom stereocenters. The minimum atomic E-state index is -4.40. The molecule has 10 heteroatoms. The molecule has 372 valence electrons. The number of nitrogens with two attached hydrogens (primary N) is 1. The van der Waals surface area contributed by atoms with Gasteiger partial charge in [-0.3, -0.25) is 18.6 Å². The van der Waals surface area contributed by atoms with Gasteiger partial charge in [0.05, 0.1) is 13.2 Å². The molecular weight excluding hydrogens is 834 g/mol. The van der Waals surface area contributed by atoms with Crippen LogP contribution in [0, 0.1) is 0 Å². The Hall–Kier alpha value is -3.07. The molecule has 9 nitrogen and oxygen atoms in total. The molecule has 3 N–H and O–H groups in total. The summed E-state index contributed by atoms with van der Waals surface area (Å²) in [5.74, 6) is -0.855. The molecule has 65 heavy (non-hydrogen) atoms. The lowest BCUT2D eigenvalue weighted by Gasteiger charge is -2.19. The number of hydrogen-bond donors (Lipinski definition) is 2. The maximum atomic E-state index is 12.7. The third kappa shape index (κ3) is 50.2. The van der Waals surface area contributed by atoms with Crippen LogP contribution in [0.1, 0.15) is 206 Å². The predicted octanol–water partition coefficient (Wildman–Crippen LogP) is 15.7. The number of allylic oxidation sites excluding steroid dienone is 16. The Morgan fingerprint density at radius 2 is 0.846 bits per heavy atom.